The van der Waals surface area contributed by atoms with Crippen LogP contribution in [0.2, 0.25) is 0 Å². The van der Waals surface area contributed by atoms with Crippen LogP contribution in [0, 0.1) is 0 Å². The number of nitrogens with zero attached hydrogens (tertiary/aromatic N) is 1. The Morgan fingerprint density at radius 3 is 2.78 bits per heavy atom. The summed E-state index contributed by atoms with van der Waals surface area (Å²) in [5.41, 5.74) is 6.74. The van der Waals surface area contributed by atoms with Gasteiger partial charge in [0.2, 0.25) is 0 Å². The van der Waals surface area contributed by atoms with E-state index in [1.54, 1.807) is 6.20 Å². The smallest absolute Gasteiger partial charge is 0.120 e. The third-order valence-electron chi connectivity index (χ3n) is 2.64. The molecule has 2 rings (SSSR count). The third kappa shape index (κ3) is 3.55. The first-order chi connectivity index (χ1) is 8.79. The van der Waals surface area contributed by atoms with E-state index in [1.807, 2.05) is 42.5 Å². The molecule has 0 saturated carbocycles. The molecule has 0 saturated heterocycles. The summed E-state index contributed by atoms with van der Waals surface area (Å²) in [6, 6.07) is 13.6. The number of hydrogen-bond donors (Lipinski definition) is 1. The maximum atomic E-state index is 5.77. The van der Waals surface area contributed by atoms with Gasteiger partial charge in [-0.25, -0.2) is 0 Å². The normalized spacial score (nSPS) is 12.1. The van der Waals surface area contributed by atoms with E-state index in [4.69, 9.17) is 10.5 Å². The van der Waals surface area contributed by atoms with Gasteiger partial charge in [-0.1, -0.05) is 28.1 Å². The highest BCUT2D eigenvalue weighted by molar-refractivity contribution is 9.10. The van der Waals surface area contributed by atoms with Crippen molar-refractivity contribution in [1.82, 2.24) is 4.98 Å². The molecule has 2 N–H and O–H groups in total. The molecule has 18 heavy (non-hydrogen) atoms. The van der Waals surface area contributed by atoms with E-state index in [1.165, 1.54) is 0 Å². The lowest BCUT2D eigenvalue weighted by Crippen LogP contribution is -2.20. The quantitative estimate of drug-likeness (QED) is 0.924. The predicted molar refractivity (Wildman–Crippen MR) is 75.7 cm³/mol. The van der Waals surface area contributed by atoms with Gasteiger partial charge in [0, 0.05) is 28.8 Å². The fourth-order valence-electron chi connectivity index (χ4n) is 1.65. The van der Waals surface area contributed by atoms with Crippen LogP contribution >= 0.6 is 15.9 Å². The van der Waals surface area contributed by atoms with Crippen LogP contribution in [0.15, 0.2) is 53.1 Å². The lowest BCUT2D eigenvalue weighted by Gasteiger charge is -2.15. The van der Waals surface area contributed by atoms with Gasteiger partial charge < -0.3 is 10.5 Å². The first kappa shape index (κ1) is 13.1. The highest BCUT2D eigenvalue weighted by Crippen LogP contribution is 2.20. The number of halogens is 1. The highest BCUT2D eigenvalue weighted by Gasteiger charge is 2.11. The summed E-state index contributed by atoms with van der Waals surface area (Å²) < 4.78 is 6.75. The van der Waals surface area contributed by atoms with Gasteiger partial charge in [0.05, 0.1) is 6.61 Å². The Balaban J connectivity index is 2.00. The van der Waals surface area contributed by atoms with Gasteiger partial charge in [0.15, 0.2) is 0 Å². The number of ether oxygens (including phenoxy) is 1. The monoisotopic (exact) mass is 306 g/mol. The molecule has 0 radical (unpaired) electrons. The van der Waals surface area contributed by atoms with Crippen LogP contribution in [-0.2, 0) is 0 Å². The first-order valence-electron chi connectivity index (χ1n) is 5.79. The Bertz CT molecular complexity index is 490. The zero-order chi connectivity index (χ0) is 12.8. The second-order valence-electron chi connectivity index (χ2n) is 3.96. The van der Waals surface area contributed by atoms with Crippen LogP contribution < -0.4 is 10.5 Å². The van der Waals surface area contributed by atoms with E-state index in [2.05, 4.69) is 20.9 Å². The van der Waals surface area contributed by atoms with Crippen molar-refractivity contribution in [1.29, 1.82) is 0 Å². The number of hydrogen-bond acceptors (Lipinski definition) is 3. The molecule has 0 spiro atoms. The summed E-state index contributed by atoms with van der Waals surface area (Å²) in [5, 5.41) is 0. The van der Waals surface area contributed by atoms with Crippen molar-refractivity contribution in [2.24, 2.45) is 5.73 Å². The molecule has 0 aliphatic carbocycles. The third-order valence-corrected chi connectivity index (χ3v) is 3.13. The zero-order valence-electron chi connectivity index (χ0n) is 9.92. The fraction of sp³-hybridized carbons (Fsp3) is 0.214. The fourth-order valence-corrected chi connectivity index (χ4v) is 2.02. The minimum absolute atomic E-state index is 0.116. The average Bonchev–Trinajstić information content (AvgIpc) is 2.41. The summed E-state index contributed by atoms with van der Waals surface area (Å²) in [6.45, 7) is 1.05. The second-order valence-corrected chi connectivity index (χ2v) is 4.87. The topological polar surface area (TPSA) is 48.1 Å². The second kappa shape index (κ2) is 6.52. The standard InChI is InChI=1S/C14H15BrN2O/c15-12-4-3-5-13(8-12)18-10-11(9-16)14-6-1-2-7-17-14/h1-8,11H,9-10,16H2. The maximum absolute atomic E-state index is 5.77. The zero-order valence-corrected chi connectivity index (χ0v) is 11.5. The van der Waals surface area contributed by atoms with Crippen molar-refractivity contribution in [2.75, 3.05) is 13.2 Å². The number of aromatic nitrogens is 1. The van der Waals surface area contributed by atoms with Gasteiger partial charge in [0.25, 0.3) is 0 Å². The molecule has 1 aromatic heterocycles. The predicted octanol–water partition coefficient (Wildman–Crippen LogP) is 2.97. The first-order valence-corrected chi connectivity index (χ1v) is 6.58. The van der Waals surface area contributed by atoms with Crippen LogP contribution in [0.5, 0.6) is 5.75 Å². The molecule has 0 aliphatic heterocycles. The van der Waals surface area contributed by atoms with Crippen molar-refractivity contribution in [3.63, 3.8) is 0 Å². The van der Waals surface area contributed by atoms with E-state index in [9.17, 15) is 0 Å². The van der Waals surface area contributed by atoms with E-state index in [0.29, 0.717) is 13.2 Å². The number of pyridine rings is 1. The Morgan fingerprint density at radius 1 is 1.22 bits per heavy atom. The molecular weight excluding hydrogens is 292 g/mol. The molecule has 1 heterocycles. The van der Waals surface area contributed by atoms with E-state index in [-0.39, 0.29) is 5.92 Å². The highest BCUT2D eigenvalue weighted by atomic mass is 79.9. The Labute approximate surface area is 115 Å². The number of nitrogens with two attached hydrogens (primary N) is 1. The summed E-state index contributed by atoms with van der Waals surface area (Å²) >= 11 is 3.41. The van der Waals surface area contributed by atoms with Crippen molar-refractivity contribution in [3.8, 4) is 5.75 Å². The van der Waals surface area contributed by atoms with Crippen LogP contribution in [0.4, 0.5) is 0 Å². The molecule has 1 aromatic carbocycles. The van der Waals surface area contributed by atoms with Crippen LogP contribution in [0.25, 0.3) is 0 Å². The Hall–Kier alpha value is -1.39. The largest absolute Gasteiger partial charge is 0.493 e. The summed E-state index contributed by atoms with van der Waals surface area (Å²) in [5.74, 6) is 0.948. The summed E-state index contributed by atoms with van der Waals surface area (Å²) in [4.78, 5) is 4.31. The van der Waals surface area contributed by atoms with Gasteiger partial charge in [-0.15, -0.1) is 0 Å². The molecule has 0 fully saturated rings. The van der Waals surface area contributed by atoms with Crippen molar-refractivity contribution in [3.05, 3.63) is 58.8 Å². The van der Waals surface area contributed by atoms with Gasteiger partial charge in [0.1, 0.15) is 5.75 Å². The summed E-state index contributed by atoms with van der Waals surface area (Å²) in [7, 11) is 0. The van der Waals surface area contributed by atoms with Gasteiger partial charge in [-0.05, 0) is 30.3 Å². The Morgan fingerprint density at radius 2 is 2.11 bits per heavy atom. The average molecular weight is 307 g/mol. The van der Waals surface area contributed by atoms with Crippen molar-refractivity contribution >= 4 is 15.9 Å². The maximum Gasteiger partial charge on any atom is 0.120 e. The molecule has 0 aliphatic rings. The van der Waals surface area contributed by atoms with E-state index >= 15 is 0 Å². The van der Waals surface area contributed by atoms with Crippen LogP contribution in [-0.4, -0.2) is 18.1 Å². The van der Waals surface area contributed by atoms with Gasteiger partial charge in [-0.3, -0.25) is 4.98 Å². The minimum Gasteiger partial charge on any atom is -0.493 e. The Kier molecular flexibility index (Phi) is 4.73. The molecule has 1 unspecified atom stereocenters. The molecule has 94 valence electrons. The van der Waals surface area contributed by atoms with Gasteiger partial charge >= 0.3 is 0 Å². The van der Waals surface area contributed by atoms with Gasteiger partial charge in [-0.2, -0.15) is 0 Å². The van der Waals surface area contributed by atoms with E-state index < -0.39 is 0 Å². The number of benzene rings is 1. The molecule has 0 amide bonds. The molecule has 3 nitrogen and oxygen atoms in total. The van der Waals surface area contributed by atoms with Crippen LogP contribution in [0.3, 0.4) is 0 Å². The molecule has 0 bridgehead atoms. The molecule has 1 atom stereocenters. The number of rotatable bonds is 5. The molecule has 4 heteroatoms. The summed E-state index contributed by atoms with van der Waals surface area (Å²) in [6.07, 6.45) is 1.77. The lowest BCUT2D eigenvalue weighted by molar-refractivity contribution is 0.288. The molecular formula is C14H15BrN2O. The molecule has 2 aromatic rings. The lowest BCUT2D eigenvalue weighted by atomic mass is 10.1. The van der Waals surface area contributed by atoms with Crippen molar-refractivity contribution < 1.29 is 4.74 Å². The van der Waals surface area contributed by atoms with E-state index in [0.717, 1.165) is 15.9 Å². The van der Waals surface area contributed by atoms with Crippen molar-refractivity contribution in [2.45, 2.75) is 5.92 Å². The minimum atomic E-state index is 0.116. The SMILES string of the molecule is NCC(COc1cccc(Br)c1)c1ccccn1. The van der Waals surface area contributed by atoms with Crippen LogP contribution in [0.1, 0.15) is 11.6 Å².